The van der Waals surface area contributed by atoms with Gasteiger partial charge < -0.3 is 19.7 Å². The molecule has 1 amide bonds. The molecule has 0 radical (unpaired) electrons. The van der Waals surface area contributed by atoms with Crippen molar-refractivity contribution in [1.29, 1.82) is 0 Å². The number of carbonyl (C=O) groups excluding carboxylic acids is 2. The van der Waals surface area contributed by atoms with E-state index in [1.807, 2.05) is 72.8 Å². The maximum atomic E-state index is 13.5. The Hall–Kier alpha value is -3.35. The molecule has 1 fully saturated rings. The number of morpholine rings is 1. The summed E-state index contributed by atoms with van der Waals surface area (Å²) in [6.07, 6.45) is 0. The van der Waals surface area contributed by atoms with Gasteiger partial charge in [0.05, 0.1) is 37.0 Å². The van der Waals surface area contributed by atoms with Crippen LogP contribution in [0.15, 0.2) is 78.9 Å². The third-order valence-corrected chi connectivity index (χ3v) is 5.64. The normalized spacial score (nSPS) is 13.2. The molecule has 6 nitrogen and oxygen atoms in total. The van der Waals surface area contributed by atoms with E-state index < -0.39 is 11.9 Å². The molecule has 0 aromatic heterocycles. The molecule has 1 saturated heterocycles. The highest BCUT2D eigenvalue weighted by molar-refractivity contribution is 6.01. The van der Waals surface area contributed by atoms with Crippen molar-refractivity contribution in [1.82, 2.24) is 0 Å². The van der Waals surface area contributed by atoms with Gasteiger partial charge in [-0.25, -0.2) is 4.79 Å². The first kappa shape index (κ1) is 25.3. The van der Waals surface area contributed by atoms with E-state index in [0.29, 0.717) is 37.6 Å². The lowest BCUT2D eigenvalue weighted by molar-refractivity contribution is -0.116. The molecular formula is C27H29ClN2O4. The second-order valence-corrected chi connectivity index (χ2v) is 7.80. The second-order valence-electron chi connectivity index (χ2n) is 7.80. The van der Waals surface area contributed by atoms with E-state index in [1.165, 1.54) is 0 Å². The number of hydrogen-bond donors (Lipinski definition) is 1. The Morgan fingerprint density at radius 3 is 2.09 bits per heavy atom. The number of halogens is 1. The van der Waals surface area contributed by atoms with Crippen LogP contribution in [0.3, 0.4) is 0 Å². The van der Waals surface area contributed by atoms with Gasteiger partial charge in [-0.3, -0.25) is 4.79 Å². The number of rotatable bonds is 7. The van der Waals surface area contributed by atoms with Gasteiger partial charge in [0.15, 0.2) is 0 Å². The average Bonchev–Trinajstić information content (AvgIpc) is 2.86. The van der Waals surface area contributed by atoms with Crippen LogP contribution in [0, 0.1) is 0 Å². The molecule has 1 N–H and O–H groups in total. The summed E-state index contributed by atoms with van der Waals surface area (Å²) in [5.74, 6) is -1.04. The zero-order chi connectivity index (χ0) is 23.0. The minimum absolute atomic E-state index is 0. The number of hydrogen-bond acceptors (Lipinski definition) is 5. The van der Waals surface area contributed by atoms with Gasteiger partial charge in [0.25, 0.3) is 0 Å². The Kier molecular flexibility index (Phi) is 9.08. The minimum atomic E-state index is -0.475. The highest BCUT2D eigenvalue weighted by Crippen LogP contribution is 2.29. The molecule has 3 aromatic carbocycles. The van der Waals surface area contributed by atoms with Crippen LogP contribution in [0.2, 0.25) is 0 Å². The smallest absolute Gasteiger partial charge is 0.340 e. The van der Waals surface area contributed by atoms with Crippen LogP contribution in [0.4, 0.5) is 11.4 Å². The molecule has 1 aliphatic rings. The monoisotopic (exact) mass is 480 g/mol. The summed E-state index contributed by atoms with van der Waals surface area (Å²) in [4.78, 5) is 28.3. The summed E-state index contributed by atoms with van der Waals surface area (Å²) >= 11 is 0. The Labute approximate surface area is 206 Å². The summed E-state index contributed by atoms with van der Waals surface area (Å²) < 4.78 is 10.7. The molecule has 1 heterocycles. The Morgan fingerprint density at radius 1 is 0.941 bits per heavy atom. The fraction of sp³-hybridized carbons (Fsp3) is 0.259. The van der Waals surface area contributed by atoms with Gasteiger partial charge >= 0.3 is 5.97 Å². The van der Waals surface area contributed by atoms with Gasteiger partial charge in [0.1, 0.15) is 0 Å². The number of nitrogens with one attached hydrogen (secondary N) is 1. The first-order chi connectivity index (χ1) is 16.2. The van der Waals surface area contributed by atoms with E-state index in [9.17, 15) is 9.59 Å². The molecule has 0 aliphatic carbocycles. The Bertz CT molecular complexity index is 1050. The van der Waals surface area contributed by atoms with Gasteiger partial charge in [-0.2, -0.15) is 0 Å². The van der Waals surface area contributed by atoms with Gasteiger partial charge in [-0.15, -0.1) is 12.4 Å². The molecule has 3 aromatic rings. The van der Waals surface area contributed by atoms with Crippen molar-refractivity contribution in [3.8, 4) is 0 Å². The number of benzene rings is 3. The number of carbonyl (C=O) groups is 2. The molecule has 0 spiro atoms. The first-order valence-corrected chi connectivity index (χ1v) is 11.2. The highest BCUT2D eigenvalue weighted by Gasteiger charge is 2.24. The van der Waals surface area contributed by atoms with E-state index in [4.69, 9.17) is 9.47 Å². The van der Waals surface area contributed by atoms with Crippen molar-refractivity contribution in [2.45, 2.75) is 12.8 Å². The van der Waals surface area contributed by atoms with Crippen molar-refractivity contribution in [3.63, 3.8) is 0 Å². The Morgan fingerprint density at radius 2 is 1.53 bits per heavy atom. The van der Waals surface area contributed by atoms with Crippen LogP contribution in [-0.2, 0) is 14.3 Å². The van der Waals surface area contributed by atoms with Gasteiger partial charge in [-0.05, 0) is 36.2 Å². The summed E-state index contributed by atoms with van der Waals surface area (Å²) in [6.45, 7) is 4.67. The molecule has 0 atom stereocenters. The third kappa shape index (κ3) is 5.95. The van der Waals surface area contributed by atoms with E-state index in [0.717, 1.165) is 16.8 Å². The fourth-order valence-electron chi connectivity index (χ4n) is 4.07. The molecule has 7 heteroatoms. The molecule has 0 unspecified atom stereocenters. The number of esters is 1. The summed E-state index contributed by atoms with van der Waals surface area (Å²) in [7, 11) is 0. The standard InChI is InChI=1S/C27H28N2O4.ClH/c1-2-33-27(31)23-19-22(13-14-24(23)29-15-17-32-18-16-29)28-26(30)25(20-9-5-3-6-10-20)21-11-7-4-8-12-21;/h3-14,19,25H,2,15-18H2,1H3,(H,28,30);1H. The van der Waals surface area contributed by atoms with Gasteiger partial charge in [0.2, 0.25) is 5.91 Å². The maximum Gasteiger partial charge on any atom is 0.340 e. The summed E-state index contributed by atoms with van der Waals surface area (Å²) in [6, 6.07) is 24.8. The van der Waals surface area contributed by atoms with Gasteiger partial charge in [0, 0.05) is 18.8 Å². The summed E-state index contributed by atoms with van der Waals surface area (Å²) in [5, 5.41) is 3.02. The topological polar surface area (TPSA) is 67.9 Å². The number of ether oxygens (including phenoxy) is 2. The van der Waals surface area contributed by atoms with Crippen LogP contribution >= 0.6 is 12.4 Å². The van der Waals surface area contributed by atoms with Crippen molar-refractivity contribution in [3.05, 3.63) is 95.6 Å². The van der Waals surface area contributed by atoms with E-state index in [1.54, 1.807) is 13.0 Å². The molecule has 0 bridgehead atoms. The van der Waals surface area contributed by atoms with Gasteiger partial charge in [-0.1, -0.05) is 60.7 Å². The second kappa shape index (κ2) is 12.2. The zero-order valence-electron chi connectivity index (χ0n) is 19.1. The SMILES string of the molecule is CCOC(=O)c1cc(NC(=O)C(c2ccccc2)c2ccccc2)ccc1N1CCOCC1.Cl. The van der Waals surface area contributed by atoms with E-state index in [-0.39, 0.29) is 24.9 Å². The van der Waals surface area contributed by atoms with Crippen LogP contribution < -0.4 is 10.2 Å². The molecule has 0 saturated carbocycles. The van der Waals surface area contributed by atoms with E-state index >= 15 is 0 Å². The van der Waals surface area contributed by atoms with E-state index in [2.05, 4.69) is 10.2 Å². The first-order valence-electron chi connectivity index (χ1n) is 11.2. The minimum Gasteiger partial charge on any atom is -0.462 e. The van der Waals surface area contributed by atoms with Crippen LogP contribution in [0.1, 0.15) is 34.3 Å². The van der Waals surface area contributed by atoms with Crippen LogP contribution in [0.5, 0.6) is 0 Å². The van der Waals surface area contributed by atoms with Crippen molar-refractivity contribution in [2.75, 3.05) is 43.1 Å². The lowest BCUT2D eigenvalue weighted by atomic mass is 9.90. The predicted octanol–water partition coefficient (Wildman–Crippen LogP) is 4.89. The van der Waals surface area contributed by atoms with Crippen molar-refractivity contribution < 1.29 is 19.1 Å². The quantitative estimate of drug-likeness (QED) is 0.487. The van der Waals surface area contributed by atoms with Crippen LogP contribution in [0.25, 0.3) is 0 Å². The number of anilines is 2. The van der Waals surface area contributed by atoms with Crippen LogP contribution in [-0.4, -0.2) is 44.8 Å². The molecule has 34 heavy (non-hydrogen) atoms. The largest absolute Gasteiger partial charge is 0.462 e. The fourth-order valence-corrected chi connectivity index (χ4v) is 4.07. The molecule has 178 valence electrons. The zero-order valence-corrected chi connectivity index (χ0v) is 19.9. The van der Waals surface area contributed by atoms with Crippen molar-refractivity contribution in [2.24, 2.45) is 0 Å². The highest BCUT2D eigenvalue weighted by atomic mass is 35.5. The summed E-state index contributed by atoms with van der Waals surface area (Å²) in [5.41, 5.74) is 3.58. The molecular weight excluding hydrogens is 452 g/mol. The lowest BCUT2D eigenvalue weighted by Gasteiger charge is -2.30. The van der Waals surface area contributed by atoms with Crippen molar-refractivity contribution >= 4 is 35.7 Å². The number of amides is 1. The lowest BCUT2D eigenvalue weighted by Crippen LogP contribution is -2.37. The number of nitrogens with zero attached hydrogens (tertiary/aromatic N) is 1. The average molecular weight is 481 g/mol. The molecule has 1 aliphatic heterocycles. The predicted molar refractivity (Wildman–Crippen MR) is 136 cm³/mol. The third-order valence-electron chi connectivity index (χ3n) is 5.64. The molecule has 4 rings (SSSR count). The maximum absolute atomic E-state index is 13.5. The Balaban J connectivity index is 0.00000324.